The van der Waals surface area contributed by atoms with Gasteiger partial charge in [-0.25, -0.2) is 0 Å². The Balaban J connectivity index is 1.51. The van der Waals surface area contributed by atoms with Gasteiger partial charge in [-0.1, -0.05) is 60.7 Å². The van der Waals surface area contributed by atoms with Gasteiger partial charge in [-0.2, -0.15) is 0 Å². The van der Waals surface area contributed by atoms with Crippen LogP contribution in [0.2, 0.25) is 0 Å². The van der Waals surface area contributed by atoms with Crippen molar-refractivity contribution in [1.82, 2.24) is 0 Å². The van der Waals surface area contributed by atoms with Crippen LogP contribution in [0.4, 0.5) is 13.2 Å². The molecule has 5 heteroatoms. The molecule has 2 aromatic rings. The number of halogens is 3. The minimum Gasteiger partial charge on any atom is -0.406 e. The molecule has 3 rings (SSSR count). The van der Waals surface area contributed by atoms with Crippen LogP contribution in [-0.2, 0) is 4.74 Å². The van der Waals surface area contributed by atoms with Gasteiger partial charge in [0.2, 0.25) is 0 Å². The van der Waals surface area contributed by atoms with E-state index in [9.17, 15) is 13.2 Å². The van der Waals surface area contributed by atoms with Crippen molar-refractivity contribution in [3.05, 3.63) is 78.4 Å². The number of benzene rings is 2. The Bertz CT molecular complexity index is 828. The normalized spacial score (nSPS) is 20.1. The molecule has 0 bridgehead atoms. The third-order valence-electron chi connectivity index (χ3n) is 5.35. The average Bonchev–Trinajstić information content (AvgIpc) is 2.74. The SMILES string of the molecule is C/C=C/C=C/COC1CCC(c2ccc(-c3ccc(OC(F)(F)F)cc3)cc2)CC1. The first-order chi connectivity index (χ1) is 14.4. The van der Waals surface area contributed by atoms with E-state index in [0.717, 1.165) is 36.8 Å². The zero-order valence-corrected chi connectivity index (χ0v) is 17.1. The highest BCUT2D eigenvalue weighted by Crippen LogP contribution is 2.35. The van der Waals surface area contributed by atoms with Crippen molar-refractivity contribution >= 4 is 0 Å². The first kappa shape index (κ1) is 22.2. The molecule has 0 radical (unpaired) electrons. The van der Waals surface area contributed by atoms with E-state index in [0.29, 0.717) is 18.6 Å². The van der Waals surface area contributed by atoms with Crippen molar-refractivity contribution in [3.63, 3.8) is 0 Å². The van der Waals surface area contributed by atoms with E-state index in [4.69, 9.17) is 4.74 Å². The van der Waals surface area contributed by atoms with Gasteiger partial charge in [0.25, 0.3) is 0 Å². The van der Waals surface area contributed by atoms with Crippen molar-refractivity contribution in [1.29, 1.82) is 0 Å². The van der Waals surface area contributed by atoms with Crippen molar-refractivity contribution in [2.24, 2.45) is 0 Å². The molecular formula is C25H27F3O2. The first-order valence-electron chi connectivity index (χ1n) is 10.3. The summed E-state index contributed by atoms with van der Waals surface area (Å²) >= 11 is 0. The maximum atomic E-state index is 12.3. The zero-order valence-electron chi connectivity index (χ0n) is 17.1. The fourth-order valence-electron chi connectivity index (χ4n) is 3.80. The lowest BCUT2D eigenvalue weighted by molar-refractivity contribution is -0.274. The maximum absolute atomic E-state index is 12.3. The van der Waals surface area contributed by atoms with E-state index in [2.05, 4.69) is 16.9 Å². The second-order valence-electron chi connectivity index (χ2n) is 7.46. The van der Waals surface area contributed by atoms with Gasteiger partial charge in [0, 0.05) is 0 Å². The van der Waals surface area contributed by atoms with Crippen molar-refractivity contribution < 1.29 is 22.6 Å². The second kappa shape index (κ2) is 10.5. The van der Waals surface area contributed by atoms with Crippen LogP contribution >= 0.6 is 0 Å². The molecule has 1 fully saturated rings. The summed E-state index contributed by atoms with van der Waals surface area (Å²) < 4.78 is 46.7. The van der Waals surface area contributed by atoms with Crippen LogP contribution in [0.1, 0.15) is 44.1 Å². The molecule has 1 aliphatic rings. The summed E-state index contributed by atoms with van der Waals surface area (Å²) in [4.78, 5) is 0. The molecule has 1 aliphatic carbocycles. The summed E-state index contributed by atoms with van der Waals surface area (Å²) in [5, 5.41) is 0. The van der Waals surface area contributed by atoms with E-state index >= 15 is 0 Å². The van der Waals surface area contributed by atoms with Crippen LogP contribution < -0.4 is 4.74 Å². The van der Waals surface area contributed by atoms with E-state index in [1.165, 1.54) is 17.7 Å². The summed E-state index contributed by atoms with van der Waals surface area (Å²) in [6.07, 6.45) is 8.01. The third-order valence-corrected chi connectivity index (χ3v) is 5.35. The fraction of sp³-hybridized carbons (Fsp3) is 0.360. The molecule has 0 aromatic heterocycles. The van der Waals surface area contributed by atoms with Gasteiger partial charge in [0.1, 0.15) is 5.75 Å². The quantitative estimate of drug-likeness (QED) is 0.437. The van der Waals surface area contributed by atoms with Crippen LogP contribution in [0, 0.1) is 0 Å². The van der Waals surface area contributed by atoms with Gasteiger partial charge >= 0.3 is 6.36 Å². The van der Waals surface area contributed by atoms with Crippen LogP contribution in [0.5, 0.6) is 5.75 Å². The van der Waals surface area contributed by atoms with Gasteiger partial charge in [-0.05, 0) is 67.3 Å². The third kappa shape index (κ3) is 6.77. The lowest BCUT2D eigenvalue weighted by Crippen LogP contribution is -2.20. The molecule has 0 saturated heterocycles. The van der Waals surface area contributed by atoms with E-state index in [1.54, 1.807) is 12.1 Å². The summed E-state index contributed by atoms with van der Waals surface area (Å²) in [5.41, 5.74) is 3.14. The van der Waals surface area contributed by atoms with E-state index in [-0.39, 0.29) is 5.75 Å². The standard InChI is InChI=1S/C25H27F3O2/c1-2-3-4-5-18-29-23-14-10-21(11-15-23)19-6-8-20(9-7-19)22-12-16-24(17-13-22)30-25(26,27)28/h2-9,12-13,16-17,21,23H,10-11,14-15,18H2,1H3/b3-2+,5-4+. The zero-order chi connectivity index (χ0) is 21.4. The molecule has 160 valence electrons. The molecule has 0 unspecified atom stereocenters. The lowest BCUT2D eigenvalue weighted by atomic mass is 9.82. The number of allylic oxidation sites excluding steroid dienone is 3. The molecule has 1 saturated carbocycles. The Morgan fingerprint density at radius 2 is 1.47 bits per heavy atom. The minimum absolute atomic E-state index is 0.209. The predicted molar refractivity (Wildman–Crippen MR) is 113 cm³/mol. The summed E-state index contributed by atoms with van der Waals surface area (Å²) in [5.74, 6) is 0.319. The number of ether oxygens (including phenoxy) is 2. The molecule has 0 amide bonds. The molecule has 30 heavy (non-hydrogen) atoms. The molecule has 2 nitrogen and oxygen atoms in total. The smallest absolute Gasteiger partial charge is 0.406 e. The Kier molecular flexibility index (Phi) is 7.75. The Hall–Kier alpha value is -2.53. The fourth-order valence-corrected chi connectivity index (χ4v) is 3.80. The number of rotatable bonds is 7. The van der Waals surface area contributed by atoms with Crippen LogP contribution in [0.25, 0.3) is 11.1 Å². The molecule has 0 spiro atoms. The molecule has 0 aliphatic heterocycles. The van der Waals surface area contributed by atoms with Crippen molar-refractivity contribution in [2.75, 3.05) is 6.61 Å². The average molecular weight is 416 g/mol. The van der Waals surface area contributed by atoms with Gasteiger partial charge in [0.05, 0.1) is 12.7 Å². The maximum Gasteiger partial charge on any atom is 0.573 e. The lowest BCUT2D eigenvalue weighted by Gasteiger charge is -2.28. The van der Waals surface area contributed by atoms with Crippen LogP contribution in [0.3, 0.4) is 0 Å². The minimum atomic E-state index is -4.67. The summed E-state index contributed by atoms with van der Waals surface area (Å²) in [6.45, 7) is 2.64. The van der Waals surface area contributed by atoms with Crippen LogP contribution in [-0.4, -0.2) is 19.1 Å². The van der Waals surface area contributed by atoms with Gasteiger partial charge in [-0.3, -0.25) is 0 Å². The molecule has 0 heterocycles. The largest absolute Gasteiger partial charge is 0.573 e. The van der Waals surface area contributed by atoms with Crippen molar-refractivity contribution in [2.45, 2.75) is 51.0 Å². The van der Waals surface area contributed by atoms with E-state index < -0.39 is 6.36 Å². The Morgan fingerprint density at radius 3 is 2.03 bits per heavy atom. The Labute approximate surface area is 176 Å². The van der Waals surface area contributed by atoms with Crippen molar-refractivity contribution in [3.8, 4) is 16.9 Å². The molecule has 0 N–H and O–H groups in total. The predicted octanol–water partition coefficient (Wildman–Crippen LogP) is 7.43. The highest BCUT2D eigenvalue weighted by Gasteiger charge is 2.31. The second-order valence-corrected chi connectivity index (χ2v) is 7.46. The highest BCUT2D eigenvalue weighted by atomic mass is 19.4. The van der Waals surface area contributed by atoms with Gasteiger partial charge in [0.15, 0.2) is 0 Å². The van der Waals surface area contributed by atoms with Gasteiger partial charge < -0.3 is 9.47 Å². The first-order valence-corrected chi connectivity index (χ1v) is 10.3. The molecule has 0 atom stereocenters. The van der Waals surface area contributed by atoms with E-state index in [1.807, 2.05) is 43.4 Å². The Morgan fingerprint density at radius 1 is 0.867 bits per heavy atom. The van der Waals surface area contributed by atoms with Gasteiger partial charge in [-0.15, -0.1) is 13.2 Å². The highest BCUT2D eigenvalue weighted by molar-refractivity contribution is 5.64. The number of alkyl halides is 3. The number of hydrogen-bond donors (Lipinski definition) is 0. The topological polar surface area (TPSA) is 18.5 Å². The molecule has 2 aromatic carbocycles. The molecular weight excluding hydrogens is 389 g/mol. The number of hydrogen-bond acceptors (Lipinski definition) is 2. The van der Waals surface area contributed by atoms with Crippen LogP contribution in [0.15, 0.2) is 72.8 Å². The summed E-state index contributed by atoms with van der Waals surface area (Å²) in [7, 11) is 0. The monoisotopic (exact) mass is 416 g/mol. The summed E-state index contributed by atoms with van der Waals surface area (Å²) in [6, 6.07) is 14.3.